The van der Waals surface area contributed by atoms with Gasteiger partial charge in [0.25, 0.3) is 0 Å². The molecule has 1 aliphatic rings. The van der Waals surface area contributed by atoms with Gasteiger partial charge in [-0.15, -0.1) is 0 Å². The van der Waals surface area contributed by atoms with Crippen molar-refractivity contribution in [2.75, 3.05) is 6.54 Å². The van der Waals surface area contributed by atoms with Crippen molar-refractivity contribution in [2.24, 2.45) is 0 Å². The lowest BCUT2D eigenvalue weighted by Crippen LogP contribution is -2.36. The number of allylic oxidation sites excluding steroid dienone is 1. The topological polar surface area (TPSA) is 20.3 Å². The van der Waals surface area contributed by atoms with Crippen LogP contribution in [0.2, 0.25) is 5.02 Å². The highest BCUT2D eigenvalue weighted by Crippen LogP contribution is 2.30. The number of hydrogen-bond acceptors (Lipinski definition) is 1. The average molecular weight is 348 g/mol. The van der Waals surface area contributed by atoms with E-state index >= 15 is 0 Å². The van der Waals surface area contributed by atoms with Crippen molar-refractivity contribution < 1.29 is 4.79 Å². The van der Waals surface area contributed by atoms with Crippen LogP contribution in [-0.4, -0.2) is 23.4 Å². The fourth-order valence-electron chi connectivity index (χ4n) is 3.07. The number of unbranched alkanes of at least 4 members (excludes halogenated alkanes) is 2. The molecule has 1 aromatic rings. The van der Waals surface area contributed by atoms with Crippen molar-refractivity contribution in [2.45, 2.75) is 71.3 Å². The molecule has 1 saturated carbocycles. The Hall–Kier alpha value is -1.28. The van der Waals surface area contributed by atoms with E-state index in [1.54, 1.807) is 0 Å². The molecule has 0 unspecified atom stereocenters. The Bertz CT molecular complexity index is 563. The molecule has 24 heavy (non-hydrogen) atoms. The van der Waals surface area contributed by atoms with Gasteiger partial charge in [-0.05, 0) is 50.2 Å². The molecule has 1 aromatic carbocycles. The molecule has 0 bridgehead atoms. The molecular weight excluding hydrogens is 318 g/mol. The highest BCUT2D eigenvalue weighted by molar-refractivity contribution is 6.31. The second-order valence-corrected chi connectivity index (χ2v) is 7.07. The molecule has 1 amide bonds. The molecule has 0 spiro atoms. The molecule has 0 aliphatic heterocycles. The first-order chi connectivity index (χ1) is 11.7. The molecule has 2 rings (SSSR count). The van der Waals surface area contributed by atoms with E-state index in [2.05, 4.69) is 30.9 Å². The molecule has 1 aliphatic carbocycles. The summed E-state index contributed by atoms with van der Waals surface area (Å²) in [6.07, 6.45) is 10.6. The smallest absolute Gasteiger partial charge is 0.249 e. The van der Waals surface area contributed by atoms with Crippen LogP contribution < -0.4 is 0 Å². The predicted molar refractivity (Wildman–Crippen MR) is 102 cm³/mol. The molecular formula is C21H30ClNO. The number of nitrogens with zero attached hydrogens (tertiary/aromatic N) is 1. The molecule has 0 N–H and O–H groups in total. The molecule has 0 saturated heterocycles. The van der Waals surface area contributed by atoms with Crippen LogP contribution in [0.25, 0.3) is 0 Å². The van der Waals surface area contributed by atoms with Crippen molar-refractivity contribution in [3.63, 3.8) is 0 Å². The summed E-state index contributed by atoms with van der Waals surface area (Å²) in [5.41, 5.74) is 2.14. The summed E-state index contributed by atoms with van der Waals surface area (Å²) in [7, 11) is 0. The minimum absolute atomic E-state index is 0.252. The van der Waals surface area contributed by atoms with E-state index in [9.17, 15) is 4.79 Å². The molecule has 1 fully saturated rings. The monoisotopic (exact) mass is 347 g/mol. The number of amides is 1. The Morgan fingerprint density at radius 3 is 2.62 bits per heavy atom. The van der Waals surface area contributed by atoms with Gasteiger partial charge >= 0.3 is 0 Å². The summed E-state index contributed by atoms with van der Waals surface area (Å²) in [6, 6.07) is 8.38. The summed E-state index contributed by atoms with van der Waals surface area (Å²) in [4.78, 5) is 15.1. The number of hydrogen-bond donors (Lipinski definition) is 0. The standard InChI is InChI=1S/C21H30ClNO/c1-3-5-6-11-18(9-4-2)21(24)23(19-13-14-19)16-15-17-10-7-8-12-20(17)22/h7-10,12,19H,3-6,11,13-16H2,1-2H3. The Kier molecular flexibility index (Phi) is 7.84. The van der Waals surface area contributed by atoms with Gasteiger partial charge in [0, 0.05) is 23.2 Å². The van der Waals surface area contributed by atoms with E-state index < -0.39 is 0 Å². The molecule has 3 heteroatoms. The zero-order valence-corrected chi connectivity index (χ0v) is 15.8. The number of carbonyl (C=O) groups excluding carboxylic acids is 1. The Morgan fingerprint density at radius 1 is 1.25 bits per heavy atom. The van der Waals surface area contributed by atoms with E-state index in [4.69, 9.17) is 11.6 Å². The van der Waals surface area contributed by atoms with Crippen molar-refractivity contribution >= 4 is 17.5 Å². The Balaban J connectivity index is 2.01. The molecule has 0 atom stereocenters. The quantitative estimate of drug-likeness (QED) is 0.387. The average Bonchev–Trinajstić information content (AvgIpc) is 3.41. The van der Waals surface area contributed by atoms with Crippen molar-refractivity contribution in [1.29, 1.82) is 0 Å². The minimum Gasteiger partial charge on any atom is -0.336 e. The summed E-state index contributed by atoms with van der Waals surface area (Å²) in [5, 5.41) is 0.799. The third-order valence-electron chi connectivity index (χ3n) is 4.60. The summed E-state index contributed by atoms with van der Waals surface area (Å²) < 4.78 is 0. The Morgan fingerprint density at radius 2 is 2.00 bits per heavy atom. The summed E-state index contributed by atoms with van der Waals surface area (Å²) >= 11 is 6.26. The van der Waals surface area contributed by atoms with Gasteiger partial charge in [0.2, 0.25) is 5.91 Å². The van der Waals surface area contributed by atoms with Crippen molar-refractivity contribution in [1.82, 2.24) is 4.90 Å². The highest BCUT2D eigenvalue weighted by Gasteiger charge is 2.33. The number of benzene rings is 1. The molecule has 2 nitrogen and oxygen atoms in total. The lowest BCUT2D eigenvalue weighted by atomic mass is 10.0. The maximum absolute atomic E-state index is 13.0. The van der Waals surface area contributed by atoms with E-state index in [1.165, 1.54) is 12.8 Å². The lowest BCUT2D eigenvalue weighted by molar-refractivity contribution is -0.127. The lowest BCUT2D eigenvalue weighted by Gasteiger charge is -2.24. The summed E-state index contributed by atoms with van der Waals surface area (Å²) in [6.45, 7) is 5.07. The van der Waals surface area contributed by atoms with Gasteiger partial charge in [0.15, 0.2) is 0 Å². The second kappa shape index (κ2) is 9.88. The van der Waals surface area contributed by atoms with Crippen molar-refractivity contribution in [3.8, 4) is 0 Å². The van der Waals surface area contributed by atoms with Crippen LogP contribution in [0.3, 0.4) is 0 Å². The first-order valence-corrected chi connectivity index (χ1v) is 9.78. The third-order valence-corrected chi connectivity index (χ3v) is 4.97. The fourth-order valence-corrected chi connectivity index (χ4v) is 3.30. The van der Waals surface area contributed by atoms with Gasteiger partial charge < -0.3 is 4.90 Å². The van der Waals surface area contributed by atoms with Crippen LogP contribution in [0, 0.1) is 0 Å². The minimum atomic E-state index is 0.252. The van der Waals surface area contributed by atoms with Gasteiger partial charge in [-0.3, -0.25) is 4.79 Å². The van der Waals surface area contributed by atoms with Crippen LogP contribution >= 0.6 is 11.6 Å². The van der Waals surface area contributed by atoms with Crippen LogP contribution in [0.5, 0.6) is 0 Å². The van der Waals surface area contributed by atoms with Gasteiger partial charge in [-0.2, -0.15) is 0 Å². The number of halogens is 1. The van der Waals surface area contributed by atoms with Crippen molar-refractivity contribution in [3.05, 3.63) is 46.5 Å². The largest absolute Gasteiger partial charge is 0.336 e. The number of carbonyl (C=O) groups is 1. The van der Waals surface area contributed by atoms with E-state index in [1.807, 2.05) is 18.2 Å². The van der Waals surface area contributed by atoms with E-state index in [0.717, 1.165) is 61.2 Å². The fraction of sp³-hybridized carbons (Fsp3) is 0.571. The first kappa shape index (κ1) is 19.1. The van der Waals surface area contributed by atoms with Crippen LogP contribution in [-0.2, 0) is 11.2 Å². The Labute approximate surface area is 151 Å². The third kappa shape index (κ3) is 5.66. The molecule has 0 radical (unpaired) electrons. The number of rotatable bonds is 10. The normalized spacial score (nSPS) is 14.7. The SMILES string of the molecule is CCC=C(CCCCC)C(=O)N(CCc1ccccc1Cl)C1CC1. The van der Waals surface area contributed by atoms with Crippen LogP contribution in [0.4, 0.5) is 0 Å². The van der Waals surface area contributed by atoms with E-state index in [0.29, 0.717) is 6.04 Å². The van der Waals surface area contributed by atoms with Gasteiger partial charge in [0.05, 0.1) is 0 Å². The molecule has 0 aromatic heterocycles. The maximum atomic E-state index is 13.0. The predicted octanol–water partition coefficient (Wildman–Crippen LogP) is 5.79. The first-order valence-electron chi connectivity index (χ1n) is 9.40. The van der Waals surface area contributed by atoms with Crippen LogP contribution in [0.1, 0.15) is 64.4 Å². The zero-order chi connectivity index (χ0) is 17.4. The van der Waals surface area contributed by atoms with Crippen LogP contribution in [0.15, 0.2) is 35.9 Å². The second-order valence-electron chi connectivity index (χ2n) is 6.67. The van der Waals surface area contributed by atoms with Gasteiger partial charge in [-0.25, -0.2) is 0 Å². The van der Waals surface area contributed by atoms with E-state index in [-0.39, 0.29) is 5.91 Å². The van der Waals surface area contributed by atoms with Gasteiger partial charge in [0.1, 0.15) is 0 Å². The highest BCUT2D eigenvalue weighted by atomic mass is 35.5. The summed E-state index contributed by atoms with van der Waals surface area (Å²) in [5.74, 6) is 0.252. The maximum Gasteiger partial charge on any atom is 0.249 e. The molecule has 132 valence electrons. The van der Waals surface area contributed by atoms with Gasteiger partial charge in [-0.1, -0.05) is 62.6 Å². The molecule has 0 heterocycles. The zero-order valence-electron chi connectivity index (χ0n) is 15.1.